The molecule has 0 atom stereocenters. The second-order valence-corrected chi connectivity index (χ2v) is 7.53. The largest absolute Gasteiger partial charge is 0.381 e. The molecule has 2 aromatic heterocycles. The molecule has 0 N–H and O–H groups in total. The molecule has 22 heavy (non-hydrogen) atoms. The van der Waals surface area contributed by atoms with Crippen LogP contribution < -0.4 is 5.56 Å². The Hall–Kier alpha value is -0.850. The summed E-state index contributed by atoms with van der Waals surface area (Å²) in [7, 11) is 0. The Morgan fingerprint density at radius 2 is 2.14 bits per heavy atom. The number of thiophene rings is 1. The molecule has 0 aliphatic heterocycles. The maximum atomic E-state index is 12.9. The van der Waals surface area contributed by atoms with Crippen LogP contribution in [0.4, 0.5) is 0 Å². The van der Waals surface area contributed by atoms with E-state index >= 15 is 0 Å². The number of ether oxygens (including phenoxy) is 1. The first kappa shape index (κ1) is 16.0. The second kappa shape index (κ2) is 7.15. The fraction of sp³-hybridized carbons (Fsp3) is 0.625. The van der Waals surface area contributed by atoms with Gasteiger partial charge in [-0.3, -0.25) is 9.36 Å². The van der Waals surface area contributed by atoms with Crippen molar-refractivity contribution >= 4 is 33.3 Å². The van der Waals surface area contributed by atoms with E-state index in [-0.39, 0.29) is 5.56 Å². The molecule has 0 saturated heterocycles. The van der Waals surface area contributed by atoms with Gasteiger partial charge in [-0.05, 0) is 45.1 Å². The third-order valence-corrected chi connectivity index (χ3v) is 6.15. The van der Waals surface area contributed by atoms with E-state index in [4.69, 9.17) is 9.72 Å². The fourth-order valence-corrected chi connectivity index (χ4v) is 5.16. The highest BCUT2D eigenvalue weighted by molar-refractivity contribution is 7.99. The third-order valence-electron chi connectivity index (χ3n) is 4.02. The lowest BCUT2D eigenvalue weighted by atomic mass is 9.97. The average Bonchev–Trinajstić information content (AvgIpc) is 2.90. The lowest BCUT2D eigenvalue weighted by Gasteiger charge is -2.12. The van der Waals surface area contributed by atoms with Crippen molar-refractivity contribution < 1.29 is 4.74 Å². The maximum absolute atomic E-state index is 12.9. The maximum Gasteiger partial charge on any atom is 0.263 e. The molecule has 0 radical (unpaired) electrons. The van der Waals surface area contributed by atoms with Gasteiger partial charge in [0.05, 0.1) is 12.0 Å². The summed E-state index contributed by atoms with van der Waals surface area (Å²) in [5.74, 6) is 0.830. The monoisotopic (exact) mass is 338 g/mol. The van der Waals surface area contributed by atoms with Crippen molar-refractivity contribution in [3.63, 3.8) is 0 Å². The highest BCUT2D eigenvalue weighted by Crippen LogP contribution is 2.34. The molecule has 6 heteroatoms. The topological polar surface area (TPSA) is 44.1 Å². The number of thioether (sulfide) groups is 1. The smallest absolute Gasteiger partial charge is 0.263 e. The molecule has 0 spiro atoms. The lowest BCUT2D eigenvalue weighted by Crippen LogP contribution is -2.23. The number of aromatic nitrogens is 2. The van der Waals surface area contributed by atoms with Crippen LogP contribution in [-0.4, -0.2) is 28.5 Å². The van der Waals surface area contributed by atoms with E-state index in [1.807, 2.05) is 18.4 Å². The summed E-state index contributed by atoms with van der Waals surface area (Å²) in [5, 5.41) is 1.72. The van der Waals surface area contributed by atoms with Gasteiger partial charge in [0.2, 0.25) is 0 Å². The van der Waals surface area contributed by atoms with Crippen LogP contribution in [0.2, 0.25) is 0 Å². The van der Waals surface area contributed by atoms with Crippen molar-refractivity contribution in [3.05, 3.63) is 20.8 Å². The molecule has 4 nitrogen and oxygen atoms in total. The Kier molecular flexibility index (Phi) is 5.21. The van der Waals surface area contributed by atoms with E-state index in [0.29, 0.717) is 13.2 Å². The standard InChI is InChI=1S/C16H22N2O2S2/c1-3-18-15(19)13-11-7-5-6-8-12(11)22-14(13)17-16(18)21-10-9-20-4-2/h3-10H2,1-2H3. The van der Waals surface area contributed by atoms with Crippen LogP contribution in [-0.2, 0) is 24.1 Å². The van der Waals surface area contributed by atoms with Gasteiger partial charge in [-0.25, -0.2) is 4.98 Å². The molecule has 0 unspecified atom stereocenters. The van der Waals surface area contributed by atoms with Crippen LogP contribution in [0.25, 0.3) is 10.2 Å². The van der Waals surface area contributed by atoms with Crippen LogP contribution in [0, 0.1) is 0 Å². The summed E-state index contributed by atoms with van der Waals surface area (Å²) < 4.78 is 7.20. The zero-order valence-corrected chi connectivity index (χ0v) is 14.8. The molecular weight excluding hydrogens is 316 g/mol. The predicted molar refractivity (Wildman–Crippen MR) is 93.4 cm³/mol. The summed E-state index contributed by atoms with van der Waals surface area (Å²) in [5.41, 5.74) is 1.42. The van der Waals surface area contributed by atoms with Crippen LogP contribution >= 0.6 is 23.1 Å². The Bertz CT molecular complexity index is 721. The molecule has 1 aliphatic carbocycles. The van der Waals surface area contributed by atoms with E-state index in [1.54, 1.807) is 23.1 Å². The number of hydrogen-bond acceptors (Lipinski definition) is 5. The zero-order chi connectivity index (χ0) is 15.5. The summed E-state index contributed by atoms with van der Waals surface area (Å²) in [6, 6.07) is 0. The Morgan fingerprint density at radius 3 is 2.91 bits per heavy atom. The van der Waals surface area contributed by atoms with Crippen LogP contribution in [0.3, 0.4) is 0 Å². The first-order valence-electron chi connectivity index (χ1n) is 8.01. The minimum atomic E-state index is 0.144. The first-order chi connectivity index (χ1) is 10.8. The number of nitrogens with zero attached hydrogens (tertiary/aromatic N) is 2. The van der Waals surface area contributed by atoms with Gasteiger partial charge in [-0.2, -0.15) is 0 Å². The van der Waals surface area contributed by atoms with E-state index in [1.165, 1.54) is 23.3 Å². The number of rotatable bonds is 6. The van der Waals surface area contributed by atoms with Gasteiger partial charge in [0.25, 0.3) is 5.56 Å². The van der Waals surface area contributed by atoms with Crippen LogP contribution in [0.5, 0.6) is 0 Å². The molecule has 1 aliphatic rings. The van der Waals surface area contributed by atoms with Gasteiger partial charge in [0.15, 0.2) is 5.16 Å². The van der Waals surface area contributed by atoms with Gasteiger partial charge < -0.3 is 4.74 Å². The minimum absolute atomic E-state index is 0.144. The Balaban J connectivity index is 2.00. The fourth-order valence-electron chi connectivity index (χ4n) is 2.95. The Labute approximate surface area is 138 Å². The van der Waals surface area contributed by atoms with E-state index in [2.05, 4.69) is 0 Å². The van der Waals surface area contributed by atoms with Gasteiger partial charge in [-0.1, -0.05) is 11.8 Å². The minimum Gasteiger partial charge on any atom is -0.381 e. The molecule has 0 bridgehead atoms. The summed E-state index contributed by atoms with van der Waals surface area (Å²) >= 11 is 3.34. The number of hydrogen-bond donors (Lipinski definition) is 0. The number of fused-ring (bicyclic) bond motifs is 3. The molecule has 0 amide bonds. The van der Waals surface area contributed by atoms with Crippen molar-refractivity contribution in [2.24, 2.45) is 0 Å². The first-order valence-corrected chi connectivity index (χ1v) is 9.82. The van der Waals surface area contributed by atoms with Crippen molar-refractivity contribution in [2.45, 2.75) is 51.2 Å². The molecule has 0 fully saturated rings. The lowest BCUT2D eigenvalue weighted by molar-refractivity contribution is 0.164. The van der Waals surface area contributed by atoms with Crippen molar-refractivity contribution in [1.29, 1.82) is 0 Å². The van der Waals surface area contributed by atoms with Gasteiger partial charge in [0.1, 0.15) is 4.83 Å². The molecule has 2 aromatic rings. The van der Waals surface area contributed by atoms with Gasteiger partial charge in [-0.15, -0.1) is 11.3 Å². The van der Waals surface area contributed by atoms with Crippen LogP contribution in [0.1, 0.15) is 37.1 Å². The quantitative estimate of drug-likeness (QED) is 0.459. The summed E-state index contributed by atoms with van der Waals surface area (Å²) in [6.07, 6.45) is 4.56. The molecule has 0 aromatic carbocycles. The van der Waals surface area contributed by atoms with E-state index in [0.717, 1.165) is 40.6 Å². The highest BCUT2D eigenvalue weighted by Gasteiger charge is 2.21. The van der Waals surface area contributed by atoms with Gasteiger partial charge in [0, 0.05) is 23.8 Å². The number of aryl methyl sites for hydroxylation is 2. The SMILES string of the molecule is CCOCCSc1nc2sc3c(c2c(=O)n1CC)CCCC3. The molecule has 2 heterocycles. The normalized spacial score (nSPS) is 14.5. The molecule has 120 valence electrons. The molecule has 0 saturated carbocycles. The third kappa shape index (κ3) is 2.96. The van der Waals surface area contributed by atoms with Crippen molar-refractivity contribution in [2.75, 3.05) is 19.0 Å². The Morgan fingerprint density at radius 1 is 1.32 bits per heavy atom. The summed E-state index contributed by atoms with van der Waals surface area (Å²) in [4.78, 5) is 20.0. The second-order valence-electron chi connectivity index (χ2n) is 5.38. The van der Waals surface area contributed by atoms with Gasteiger partial charge >= 0.3 is 0 Å². The summed E-state index contributed by atoms with van der Waals surface area (Å²) in [6.45, 7) is 6.10. The zero-order valence-electron chi connectivity index (χ0n) is 13.2. The van der Waals surface area contributed by atoms with Crippen molar-refractivity contribution in [1.82, 2.24) is 9.55 Å². The van der Waals surface area contributed by atoms with Crippen LogP contribution in [0.15, 0.2) is 9.95 Å². The van der Waals surface area contributed by atoms with E-state index in [9.17, 15) is 4.79 Å². The average molecular weight is 338 g/mol. The predicted octanol–water partition coefficient (Wildman–Crippen LogP) is 3.49. The van der Waals surface area contributed by atoms with Crippen molar-refractivity contribution in [3.8, 4) is 0 Å². The molecular formula is C16H22N2O2S2. The molecule has 3 rings (SSSR count). The highest BCUT2D eigenvalue weighted by atomic mass is 32.2. The van der Waals surface area contributed by atoms with E-state index < -0.39 is 0 Å².